The Morgan fingerprint density at radius 3 is 2.78 bits per heavy atom. The van der Waals surface area contributed by atoms with Crippen LogP contribution in [0.4, 0.5) is 0 Å². The van der Waals surface area contributed by atoms with Gasteiger partial charge in [0.05, 0.1) is 12.0 Å². The molecule has 4 nitrogen and oxygen atoms in total. The summed E-state index contributed by atoms with van der Waals surface area (Å²) in [4.78, 5) is 17.9. The van der Waals surface area contributed by atoms with Gasteiger partial charge in [-0.3, -0.25) is 4.79 Å². The van der Waals surface area contributed by atoms with Crippen molar-refractivity contribution in [1.29, 1.82) is 0 Å². The molecular formula is C18H22ClNO3. The molecule has 2 aliphatic rings. The van der Waals surface area contributed by atoms with Crippen LogP contribution in [0.5, 0.6) is 0 Å². The summed E-state index contributed by atoms with van der Waals surface area (Å²) in [5.74, 6) is 0.0366. The topological polar surface area (TPSA) is 38.8 Å². The number of nitrogens with zero attached hydrogens (tertiary/aromatic N) is 1. The van der Waals surface area contributed by atoms with Crippen molar-refractivity contribution in [2.75, 3.05) is 6.61 Å². The molecular weight excluding hydrogens is 314 g/mol. The molecule has 0 N–H and O–H groups in total. The number of allylic oxidation sites excluding steroid dienone is 1. The van der Waals surface area contributed by atoms with Gasteiger partial charge in [0.25, 0.3) is 5.91 Å². The lowest BCUT2D eigenvalue weighted by atomic mass is 9.88. The molecule has 2 fully saturated rings. The highest BCUT2D eigenvalue weighted by atomic mass is 35.5. The number of rotatable bonds is 5. The molecule has 3 atom stereocenters. The molecule has 124 valence electrons. The Morgan fingerprint density at radius 2 is 2.13 bits per heavy atom. The van der Waals surface area contributed by atoms with Crippen molar-refractivity contribution in [1.82, 2.24) is 5.06 Å². The molecule has 0 bridgehead atoms. The molecule has 0 spiro atoms. The summed E-state index contributed by atoms with van der Waals surface area (Å²) in [7, 11) is 0. The van der Waals surface area contributed by atoms with E-state index in [9.17, 15) is 4.79 Å². The number of amides is 1. The highest BCUT2D eigenvalue weighted by Gasteiger charge is 2.46. The summed E-state index contributed by atoms with van der Waals surface area (Å²) in [5.41, 5.74) is 1.08. The molecule has 1 aromatic rings. The zero-order valence-corrected chi connectivity index (χ0v) is 14.0. The molecule has 0 saturated carbocycles. The fourth-order valence-corrected chi connectivity index (χ4v) is 3.07. The van der Waals surface area contributed by atoms with Gasteiger partial charge >= 0.3 is 0 Å². The quantitative estimate of drug-likeness (QED) is 0.762. The van der Waals surface area contributed by atoms with Crippen LogP contribution >= 0.6 is 11.6 Å². The van der Waals surface area contributed by atoms with E-state index >= 15 is 0 Å². The maximum absolute atomic E-state index is 12.2. The third kappa shape index (κ3) is 3.94. The van der Waals surface area contributed by atoms with E-state index in [-0.39, 0.29) is 24.2 Å². The largest absolute Gasteiger partial charge is 0.350 e. The fraction of sp³-hybridized carbons (Fsp3) is 0.500. The number of β-lactam (4-membered cyclic amide) rings is 1. The maximum atomic E-state index is 12.2. The van der Waals surface area contributed by atoms with E-state index in [1.54, 1.807) is 0 Å². The van der Waals surface area contributed by atoms with Crippen molar-refractivity contribution in [3.05, 3.63) is 40.9 Å². The zero-order chi connectivity index (χ0) is 16.2. The first-order valence-corrected chi connectivity index (χ1v) is 8.56. The Bertz CT molecular complexity index is 566. The second-order valence-corrected chi connectivity index (χ2v) is 6.54. The molecule has 2 saturated heterocycles. The van der Waals surface area contributed by atoms with Gasteiger partial charge < -0.3 is 4.74 Å². The Balaban J connectivity index is 1.48. The van der Waals surface area contributed by atoms with Gasteiger partial charge in [-0.1, -0.05) is 35.9 Å². The monoisotopic (exact) mass is 335 g/mol. The molecule has 3 rings (SSSR count). The first kappa shape index (κ1) is 16.5. The highest BCUT2D eigenvalue weighted by Crippen LogP contribution is 2.32. The average Bonchev–Trinajstić information content (AvgIpc) is 2.59. The molecule has 1 amide bonds. The van der Waals surface area contributed by atoms with E-state index in [0.29, 0.717) is 13.0 Å². The summed E-state index contributed by atoms with van der Waals surface area (Å²) in [6, 6.07) is 7.72. The number of hydrogen-bond donors (Lipinski definition) is 0. The van der Waals surface area contributed by atoms with Gasteiger partial charge in [-0.2, -0.15) is 0 Å². The third-order valence-electron chi connectivity index (χ3n) is 4.43. The summed E-state index contributed by atoms with van der Waals surface area (Å²) >= 11 is 5.86. The van der Waals surface area contributed by atoms with Crippen LogP contribution < -0.4 is 0 Å². The molecule has 0 radical (unpaired) electrons. The van der Waals surface area contributed by atoms with Gasteiger partial charge in [0.2, 0.25) is 0 Å². The summed E-state index contributed by atoms with van der Waals surface area (Å²) in [6.07, 6.45) is 7.53. The van der Waals surface area contributed by atoms with Crippen LogP contribution in [0.1, 0.15) is 38.2 Å². The Kier molecular flexibility index (Phi) is 5.36. The molecule has 23 heavy (non-hydrogen) atoms. The minimum atomic E-state index is -0.263. The SMILES string of the molecule is C[C@H]1[C@@H](C/C=C/c2ccc(Cl)cc2)C(=O)N1OC1CCCCO1. The highest BCUT2D eigenvalue weighted by molar-refractivity contribution is 6.30. The standard InChI is InChI=1S/C18H22ClNO3/c1-13-16(6-4-5-14-8-10-15(19)11-9-14)18(21)20(13)23-17-7-2-3-12-22-17/h4-5,8-11,13,16-17H,2-3,6-7,12H2,1H3/b5-4+/t13-,16+,17?/m0/s1. The van der Waals surface area contributed by atoms with Crippen molar-refractivity contribution in [2.45, 2.75) is 44.9 Å². The minimum Gasteiger partial charge on any atom is -0.350 e. The van der Waals surface area contributed by atoms with E-state index in [0.717, 1.165) is 29.8 Å². The molecule has 0 aliphatic carbocycles. The lowest BCUT2D eigenvalue weighted by Crippen LogP contribution is -2.60. The fourth-order valence-electron chi connectivity index (χ4n) is 2.94. The molecule has 2 aliphatic heterocycles. The summed E-state index contributed by atoms with van der Waals surface area (Å²) < 4.78 is 5.52. The molecule has 2 heterocycles. The first-order chi connectivity index (χ1) is 11.1. The van der Waals surface area contributed by atoms with Crippen LogP contribution in [-0.4, -0.2) is 29.9 Å². The minimum absolute atomic E-state index is 0.0119. The second-order valence-electron chi connectivity index (χ2n) is 6.10. The third-order valence-corrected chi connectivity index (χ3v) is 4.68. The number of ether oxygens (including phenoxy) is 1. The zero-order valence-electron chi connectivity index (χ0n) is 13.3. The van der Waals surface area contributed by atoms with Gasteiger partial charge in [-0.05, 0) is 43.9 Å². The van der Waals surface area contributed by atoms with E-state index in [1.165, 1.54) is 5.06 Å². The molecule has 0 aromatic heterocycles. The van der Waals surface area contributed by atoms with Crippen molar-refractivity contribution in [2.24, 2.45) is 5.92 Å². The lowest BCUT2D eigenvalue weighted by Gasteiger charge is -2.45. The van der Waals surface area contributed by atoms with Gasteiger partial charge in [-0.25, -0.2) is 9.90 Å². The van der Waals surface area contributed by atoms with Crippen LogP contribution in [0.2, 0.25) is 5.02 Å². The van der Waals surface area contributed by atoms with Gasteiger partial charge in [0, 0.05) is 18.1 Å². The smallest absolute Gasteiger partial charge is 0.252 e. The number of hydroxylamine groups is 2. The van der Waals surface area contributed by atoms with Crippen molar-refractivity contribution in [3.8, 4) is 0 Å². The van der Waals surface area contributed by atoms with Crippen molar-refractivity contribution >= 4 is 23.6 Å². The van der Waals surface area contributed by atoms with Crippen LogP contribution in [0.3, 0.4) is 0 Å². The van der Waals surface area contributed by atoms with Crippen molar-refractivity contribution in [3.63, 3.8) is 0 Å². The summed E-state index contributed by atoms with van der Waals surface area (Å²) in [6.45, 7) is 2.74. The predicted molar refractivity (Wildman–Crippen MR) is 89.6 cm³/mol. The number of benzene rings is 1. The van der Waals surface area contributed by atoms with Crippen LogP contribution in [-0.2, 0) is 14.4 Å². The van der Waals surface area contributed by atoms with E-state index in [4.69, 9.17) is 21.2 Å². The molecule has 1 unspecified atom stereocenters. The first-order valence-electron chi connectivity index (χ1n) is 8.19. The van der Waals surface area contributed by atoms with Crippen molar-refractivity contribution < 1.29 is 14.4 Å². The van der Waals surface area contributed by atoms with Gasteiger partial charge in [0.15, 0.2) is 6.29 Å². The molecule has 5 heteroatoms. The van der Waals surface area contributed by atoms with Crippen LogP contribution in [0, 0.1) is 5.92 Å². The second kappa shape index (κ2) is 7.47. The van der Waals surface area contributed by atoms with Crippen LogP contribution in [0.15, 0.2) is 30.3 Å². The number of halogens is 1. The normalized spacial score (nSPS) is 28.2. The predicted octanol–water partition coefficient (Wildman–Crippen LogP) is 4.05. The lowest BCUT2D eigenvalue weighted by molar-refractivity contribution is -0.316. The van der Waals surface area contributed by atoms with E-state index < -0.39 is 0 Å². The Labute approximate surface area is 142 Å². The maximum Gasteiger partial charge on any atom is 0.252 e. The van der Waals surface area contributed by atoms with E-state index in [1.807, 2.05) is 43.3 Å². The number of hydrogen-bond acceptors (Lipinski definition) is 3. The van der Waals surface area contributed by atoms with E-state index in [2.05, 4.69) is 0 Å². The summed E-state index contributed by atoms with van der Waals surface area (Å²) in [5, 5.41) is 2.21. The van der Waals surface area contributed by atoms with Gasteiger partial charge in [-0.15, -0.1) is 0 Å². The average molecular weight is 336 g/mol. The van der Waals surface area contributed by atoms with Crippen LogP contribution in [0.25, 0.3) is 6.08 Å². The number of carbonyl (C=O) groups excluding carboxylic acids is 1. The Hall–Kier alpha value is -1.36. The Morgan fingerprint density at radius 1 is 1.35 bits per heavy atom. The van der Waals surface area contributed by atoms with Gasteiger partial charge in [0.1, 0.15) is 0 Å². The number of carbonyl (C=O) groups is 1. The molecule has 1 aromatic carbocycles.